The van der Waals surface area contributed by atoms with Crippen molar-refractivity contribution in [2.24, 2.45) is 0 Å². The van der Waals surface area contributed by atoms with Gasteiger partial charge < -0.3 is 5.32 Å². The highest BCUT2D eigenvalue weighted by Gasteiger charge is 2.21. The maximum Gasteiger partial charge on any atom is 0.312 e. The van der Waals surface area contributed by atoms with Crippen LogP contribution in [0.15, 0.2) is 42.5 Å². The Hall–Kier alpha value is -3.19. The van der Waals surface area contributed by atoms with Crippen molar-refractivity contribution in [2.45, 2.75) is 27.3 Å². The zero-order valence-corrected chi connectivity index (χ0v) is 16.4. The van der Waals surface area contributed by atoms with E-state index in [4.69, 9.17) is 11.6 Å². The van der Waals surface area contributed by atoms with Crippen LogP contribution < -0.4 is 5.32 Å². The number of hydrogen-bond acceptors (Lipinski definition) is 4. The van der Waals surface area contributed by atoms with E-state index in [0.29, 0.717) is 34.2 Å². The van der Waals surface area contributed by atoms with Crippen molar-refractivity contribution in [1.29, 1.82) is 0 Å². The molecule has 0 aliphatic heterocycles. The molecule has 144 valence electrons. The molecule has 0 saturated carbocycles. The van der Waals surface area contributed by atoms with Crippen LogP contribution in [0.2, 0.25) is 5.02 Å². The lowest BCUT2D eigenvalue weighted by Crippen LogP contribution is -2.13. The molecular weight excluding hydrogens is 380 g/mol. The van der Waals surface area contributed by atoms with Crippen LogP contribution in [-0.4, -0.2) is 20.6 Å². The van der Waals surface area contributed by atoms with Crippen LogP contribution in [0.1, 0.15) is 32.9 Å². The van der Waals surface area contributed by atoms with Gasteiger partial charge in [0.05, 0.1) is 11.5 Å². The molecule has 0 atom stereocenters. The topological polar surface area (TPSA) is 90.1 Å². The molecule has 0 unspecified atom stereocenters. The van der Waals surface area contributed by atoms with E-state index in [2.05, 4.69) is 10.4 Å². The summed E-state index contributed by atoms with van der Waals surface area (Å²) < 4.78 is 1.60. The molecule has 0 spiro atoms. The number of aromatic nitrogens is 2. The molecule has 28 heavy (non-hydrogen) atoms. The maximum atomic E-state index is 12.5. The largest absolute Gasteiger partial charge is 0.322 e. The van der Waals surface area contributed by atoms with Crippen molar-refractivity contribution in [3.8, 4) is 0 Å². The van der Waals surface area contributed by atoms with E-state index in [1.54, 1.807) is 42.8 Å². The highest BCUT2D eigenvalue weighted by Crippen LogP contribution is 2.23. The average Bonchev–Trinajstić information content (AvgIpc) is 2.92. The van der Waals surface area contributed by atoms with Gasteiger partial charge in [0.1, 0.15) is 11.4 Å². The van der Waals surface area contributed by atoms with E-state index in [1.807, 2.05) is 25.1 Å². The standard InChI is InChI=1S/C20H19ClN4O3/c1-12-4-9-17(21)10-18(12)22-20(26)16-7-5-15(6-8-16)11-24-14(3)19(25(27)28)13(2)23-24/h4-10H,11H2,1-3H3,(H,22,26). The summed E-state index contributed by atoms with van der Waals surface area (Å²) in [5.41, 5.74) is 3.89. The van der Waals surface area contributed by atoms with Gasteiger partial charge in [0.15, 0.2) is 0 Å². The van der Waals surface area contributed by atoms with Gasteiger partial charge in [-0.15, -0.1) is 0 Å². The number of carbonyl (C=O) groups excluding carboxylic acids is 1. The first-order valence-corrected chi connectivity index (χ1v) is 8.99. The summed E-state index contributed by atoms with van der Waals surface area (Å²) in [6.07, 6.45) is 0. The fourth-order valence-electron chi connectivity index (χ4n) is 2.96. The summed E-state index contributed by atoms with van der Waals surface area (Å²) in [6.45, 7) is 5.57. The lowest BCUT2D eigenvalue weighted by atomic mass is 10.1. The zero-order valence-electron chi connectivity index (χ0n) is 15.7. The first-order chi connectivity index (χ1) is 13.3. The van der Waals surface area contributed by atoms with Gasteiger partial charge in [-0.25, -0.2) is 0 Å². The molecule has 1 N–H and O–H groups in total. The number of anilines is 1. The lowest BCUT2D eigenvalue weighted by Gasteiger charge is -2.10. The number of benzene rings is 2. The number of nitro groups is 1. The predicted octanol–water partition coefficient (Wildman–Crippen LogP) is 4.67. The summed E-state index contributed by atoms with van der Waals surface area (Å²) in [7, 11) is 0. The van der Waals surface area contributed by atoms with Crippen LogP contribution in [0.25, 0.3) is 0 Å². The molecule has 1 aromatic heterocycles. The van der Waals surface area contributed by atoms with Gasteiger partial charge in [0.2, 0.25) is 0 Å². The van der Waals surface area contributed by atoms with Gasteiger partial charge in [-0.3, -0.25) is 19.6 Å². The van der Waals surface area contributed by atoms with Gasteiger partial charge in [-0.05, 0) is 56.2 Å². The van der Waals surface area contributed by atoms with E-state index in [-0.39, 0.29) is 11.6 Å². The van der Waals surface area contributed by atoms with Crippen LogP contribution in [-0.2, 0) is 6.54 Å². The Kier molecular flexibility index (Phi) is 5.46. The summed E-state index contributed by atoms with van der Waals surface area (Å²) >= 11 is 5.99. The van der Waals surface area contributed by atoms with Crippen LogP contribution in [0.3, 0.4) is 0 Å². The van der Waals surface area contributed by atoms with E-state index in [1.165, 1.54) is 0 Å². The summed E-state index contributed by atoms with van der Waals surface area (Å²) in [6, 6.07) is 12.4. The average molecular weight is 399 g/mol. The predicted molar refractivity (Wildman–Crippen MR) is 108 cm³/mol. The second-order valence-corrected chi connectivity index (χ2v) is 6.98. The molecule has 0 radical (unpaired) electrons. The fraction of sp³-hybridized carbons (Fsp3) is 0.200. The molecule has 7 nitrogen and oxygen atoms in total. The molecule has 0 aliphatic rings. The zero-order chi connectivity index (χ0) is 20.4. The Morgan fingerprint density at radius 1 is 1.18 bits per heavy atom. The van der Waals surface area contributed by atoms with Crippen LogP contribution in [0, 0.1) is 30.9 Å². The molecule has 8 heteroatoms. The molecule has 3 rings (SSSR count). The number of amides is 1. The SMILES string of the molecule is Cc1ccc(Cl)cc1NC(=O)c1ccc(Cn2nc(C)c([N+](=O)[O-])c2C)cc1. The van der Waals surface area contributed by atoms with Crippen molar-refractivity contribution >= 4 is 28.9 Å². The fourth-order valence-corrected chi connectivity index (χ4v) is 3.14. The maximum absolute atomic E-state index is 12.5. The third-order valence-electron chi connectivity index (χ3n) is 4.52. The van der Waals surface area contributed by atoms with E-state index < -0.39 is 4.92 Å². The minimum Gasteiger partial charge on any atom is -0.322 e. The Bertz CT molecular complexity index is 1060. The molecule has 0 saturated heterocycles. The molecule has 0 aliphatic carbocycles. The molecular formula is C20H19ClN4O3. The Labute approximate surface area is 167 Å². The van der Waals surface area contributed by atoms with Crippen LogP contribution >= 0.6 is 11.6 Å². The quantitative estimate of drug-likeness (QED) is 0.499. The third-order valence-corrected chi connectivity index (χ3v) is 4.76. The van der Waals surface area contributed by atoms with Crippen LogP contribution in [0.4, 0.5) is 11.4 Å². The smallest absolute Gasteiger partial charge is 0.312 e. The van der Waals surface area contributed by atoms with E-state index >= 15 is 0 Å². The van der Waals surface area contributed by atoms with Crippen molar-refractivity contribution in [2.75, 3.05) is 5.32 Å². The molecule has 0 bridgehead atoms. The number of rotatable bonds is 5. The van der Waals surface area contributed by atoms with Crippen LogP contribution in [0.5, 0.6) is 0 Å². The first-order valence-electron chi connectivity index (χ1n) is 8.61. The second kappa shape index (κ2) is 7.82. The minimum absolute atomic E-state index is 0.0351. The second-order valence-electron chi connectivity index (χ2n) is 6.54. The lowest BCUT2D eigenvalue weighted by molar-refractivity contribution is -0.386. The number of nitrogens with one attached hydrogen (secondary N) is 1. The molecule has 1 heterocycles. The first kappa shape index (κ1) is 19.6. The normalized spacial score (nSPS) is 10.7. The van der Waals surface area contributed by atoms with Crippen molar-refractivity contribution < 1.29 is 9.72 Å². The number of aryl methyl sites for hydroxylation is 2. The Morgan fingerprint density at radius 3 is 2.46 bits per heavy atom. The Balaban J connectivity index is 1.75. The van der Waals surface area contributed by atoms with Gasteiger partial charge in [0.25, 0.3) is 5.91 Å². The highest BCUT2D eigenvalue weighted by molar-refractivity contribution is 6.31. The molecule has 3 aromatic rings. The summed E-state index contributed by atoms with van der Waals surface area (Å²) in [4.78, 5) is 23.2. The monoisotopic (exact) mass is 398 g/mol. The summed E-state index contributed by atoms with van der Waals surface area (Å²) in [5, 5.41) is 18.8. The number of hydrogen-bond donors (Lipinski definition) is 1. The molecule has 2 aromatic carbocycles. The van der Waals surface area contributed by atoms with Gasteiger partial charge >= 0.3 is 5.69 Å². The minimum atomic E-state index is -0.417. The Morgan fingerprint density at radius 2 is 1.86 bits per heavy atom. The number of halogens is 1. The molecule has 0 fully saturated rings. The third kappa shape index (κ3) is 4.04. The number of nitrogens with zero attached hydrogens (tertiary/aromatic N) is 3. The molecule has 1 amide bonds. The van der Waals surface area contributed by atoms with Gasteiger partial charge in [-0.2, -0.15) is 5.10 Å². The van der Waals surface area contributed by atoms with Gasteiger partial charge in [0, 0.05) is 16.3 Å². The van der Waals surface area contributed by atoms with Crippen molar-refractivity contribution in [3.63, 3.8) is 0 Å². The van der Waals surface area contributed by atoms with Gasteiger partial charge in [-0.1, -0.05) is 29.8 Å². The highest BCUT2D eigenvalue weighted by atomic mass is 35.5. The van der Waals surface area contributed by atoms with Crippen molar-refractivity contribution in [1.82, 2.24) is 9.78 Å². The van der Waals surface area contributed by atoms with E-state index in [0.717, 1.165) is 11.1 Å². The summed E-state index contributed by atoms with van der Waals surface area (Å²) in [5.74, 6) is -0.237. The number of carbonyl (C=O) groups is 1. The van der Waals surface area contributed by atoms with E-state index in [9.17, 15) is 14.9 Å². The van der Waals surface area contributed by atoms with Crippen molar-refractivity contribution in [3.05, 3.63) is 85.7 Å².